The fraction of sp³-hybridized carbons (Fsp3) is 0.133. The first-order valence-electron chi connectivity index (χ1n) is 6.03. The molecule has 1 atom stereocenters. The van der Waals surface area contributed by atoms with Gasteiger partial charge in [-0.15, -0.1) is 0 Å². The van der Waals surface area contributed by atoms with E-state index in [-0.39, 0.29) is 16.1 Å². The lowest BCUT2D eigenvalue weighted by Crippen LogP contribution is -2.27. The van der Waals surface area contributed by atoms with E-state index in [1.165, 1.54) is 12.1 Å². The van der Waals surface area contributed by atoms with Gasteiger partial charge in [0.2, 0.25) is 0 Å². The Morgan fingerprint density at radius 2 is 1.95 bits per heavy atom. The Hall–Kier alpha value is -1.88. The van der Waals surface area contributed by atoms with Crippen LogP contribution in [0, 0.1) is 5.82 Å². The van der Waals surface area contributed by atoms with E-state index in [1.807, 2.05) is 30.3 Å². The van der Waals surface area contributed by atoms with Crippen LogP contribution in [0.3, 0.4) is 0 Å². The van der Waals surface area contributed by atoms with E-state index >= 15 is 0 Å². The lowest BCUT2D eigenvalue weighted by molar-refractivity contribution is 0.0950. The smallest absolute Gasteiger partial charge is 0.254 e. The highest BCUT2D eigenvalue weighted by Gasteiger charge is 2.14. The van der Waals surface area contributed by atoms with Gasteiger partial charge in [0.15, 0.2) is 0 Å². The summed E-state index contributed by atoms with van der Waals surface area (Å²) in [5.41, 5.74) is 0.939. The van der Waals surface area contributed by atoms with Crippen LogP contribution in [0.5, 0.6) is 5.75 Å². The summed E-state index contributed by atoms with van der Waals surface area (Å²) in [5.74, 6) is -1.46. The van der Waals surface area contributed by atoms with E-state index in [2.05, 4.69) is 21.2 Å². The van der Waals surface area contributed by atoms with E-state index in [4.69, 9.17) is 5.11 Å². The maximum absolute atomic E-state index is 13.5. The van der Waals surface area contributed by atoms with Gasteiger partial charge in [-0.05, 0) is 17.7 Å². The summed E-state index contributed by atoms with van der Waals surface area (Å²) in [5, 5.41) is 11.8. The molecule has 2 aromatic carbocycles. The largest absolute Gasteiger partial charge is 0.508 e. The predicted octanol–water partition coefficient (Wildman–Crippen LogP) is 3.40. The summed E-state index contributed by atoms with van der Waals surface area (Å²) in [6, 6.07) is 13.0. The summed E-state index contributed by atoms with van der Waals surface area (Å²) >= 11 is 3.47. The molecule has 20 heavy (non-hydrogen) atoms. The van der Waals surface area contributed by atoms with Crippen molar-refractivity contribution >= 4 is 21.8 Å². The van der Waals surface area contributed by atoms with E-state index in [9.17, 15) is 9.18 Å². The van der Waals surface area contributed by atoms with Crippen molar-refractivity contribution in [3.8, 4) is 5.75 Å². The van der Waals surface area contributed by atoms with Gasteiger partial charge in [-0.1, -0.05) is 46.3 Å². The average molecular weight is 338 g/mol. The molecular weight excluding hydrogens is 325 g/mol. The molecule has 0 aliphatic rings. The van der Waals surface area contributed by atoms with Gasteiger partial charge in [-0.3, -0.25) is 4.79 Å². The molecule has 1 amide bonds. The molecule has 2 N–H and O–H groups in total. The Balaban J connectivity index is 1.99. The normalized spacial score (nSPS) is 11.9. The summed E-state index contributed by atoms with van der Waals surface area (Å²) in [4.78, 5) is 11.8. The highest BCUT2D eigenvalue weighted by molar-refractivity contribution is 9.09. The summed E-state index contributed by atoms with van der Waals surface area (Å²) < 4.78 is 13.5. The topological polar surface area (TPSA) is 49.3 Å². The minimum Gasteiger partial charge on any atom is -0.508 e. The van der Waals surface area contributed by atoms with Crippen molar-refractivity contribution in [3.05, 3.63) is 65.5 Å². The minimum absolute atomic E-state index is 0.0483. The maximum atomic E-state index is 13.5. The third kappa shape index (κ3) is 3.57. The van der Waals surface area contributed by atoms with Crippen LogP contribution in [0.1, 0.15) is 20.7 Å². The number of amides is 1. The van der Waals surface area contributed by atoms with Crippen LogP contribution in [0.25, 0.3) is 0 Å². The number of halogens is 2. The number of nitrogens with one attached hydrogen (secondary N) is 1. The molecule has 2 rings (SSSR count). The van der Waals surface area contributed by atoms with Crippen LogP contribution in [0.15, 0.2) is 48.5 Å². The second kappa shape index (κ2) is 6.52. The summed E-state index contributed by atoms with van der Waals surface area (Å²) in [6.07, 6.45) is 0. The zero-order valence-corrected chi connectivity index (χ0v) is 12.1. The molecule has 0 bridgehead atoms. The van der Waals surface area contributed by atoms with Gasteiger partial charge in [0.25, 0.3) is 5.91 Å². The van der Waals surface area contributed by atoms with Crippen molar-refractivity contribution in [1.29, 1.82) is 0 Å². The number of benzene rings is 2. The molecule has 104 valence electrons. The standard InChI is InChI=1S/C15H13BrFNO2/c16-13(10-4-2-1-3-5-10)9-18-15(20)12-7-6-11(19)8-14(12)17/h1-8,13,19H,9H2,(H,18,20). The number of phenols is 1. The van der Waals surface area contributed by atoms with Gasteiger partial charge < -0.3 is 10.4 Å². The number of carbonyl (C=O) groups is 1. The van der Waals surface area contributed by atoms with Gasteiger partial charge in [-0.25, -0.2) is 4.39 Å². The Labute approximate surface area is 124 Å². The number of alkyl halides is 1. The number of carbonyl (C=O) groups excluding carboxylic acids is 1. The molecule has 0 aromatic heterocycles. The fourth-order valence-corrected chi connectivity index (χ4v) is 2.21. The number of rotatable bonds is 4. The van der Waals surface area contributed by atoms with Crippen molar-refractivity contribution in [2.75, 3.05) is 6.54 Å². The Bertz CT molecular complexity index is 604. The van der Waals surface area contributed by atoms with Gasteiger partial charge in [0, 0.05) is 12.6 Å². The first-order chi connectivity index (χ1) is 9.58. The molecule has 0 radical (unpaired) electrons. The molecule has 0 fully saturated rings. The van der Waals surface area contributed by atoms with Crippen LogP contribution in [0.2, 0.25) is 0 Å². The first-order valence-corrected chi connectivity index (χ1v) is 6.95. The number of hydrogen-bond acceptors (Lipinski definition) is 2. The fourth-order valence-electron chi connectivity index (χ4n) is 1.75. The van der Waals surface area contributed by atoms with Crippen molar-refractivity contribution in [2.24, 2.45) is 0 Å². The molecule has 0 saturated carbocycles. The van der Waals surface area contributed by atoms with Crippen LogP contribution < -0.4 is 5.32 Å². The molecule has 0 saturated heterocycles. The van der Waals surface area contributed by atoms with E-state index < -0.39 is 11.7 Å². The molecule has 0 spiro atoms. The molecule has 0 aliphatic carbocycles. The molecular formula is C15H13BrFNO2. The quantitative estimate of drug-likeness (QED) is 0.840. The van der Waals surface area contributed by atoms with E-state index in [1.54, 1.807) is 0 Å². The minimum atomic E-state index is -0.742. The predicted molar refractivity (Wildman–Crippen MR) is 78.5 cm³/mol. The monoisotopic (exact) mass is 337 g/mol. The number of phenolic OH excluding ortho intramolecular Hbond substituents is 1. The Morgan fingerprint density at radius 1 is 1.25 bits per heavy atom. The third-order valence-corrected chi connectivity index (χ3v) is 3.65. The highest BCUT2D eigenvalue weighted by atomic mass is 79.9. The van der Waals surface area contributed by atoms with Crippen LogP contribution in [-0.4, -0.2) is 17.6 Å². The lowest BCUT2D eigenvalue weighted by atomic mass is 10.1. The zero-order valence-electron chi connectivity index (χ0n) is 10.5. The highest BCUT2D eigenvalue weighted by Crippen LogP contribution is 2.21. The van der Waals surface area contributed by atoms with E-state index in [0.29, 0.717) is 6.54 Å². The maximum Gasteiger partial charge on any atom is 0.254 e. The van der Waals surface area contributed by atoms with Crippen molar-refractivity contribution in [3.63, 3.8) is 0 Å². The van der Waals surface area contributed by atoms with Crippen molar-refractivity contribution in [2.45, 2.75) is 4.83 Å². The molecule has 0 heterocycles. The van der Waals surface area contributed by atoms with Gasteiger partial charge in [-0.2, -0.15) is 0 Å². The zero-order chi connectivity index (χ0) is 14.5. The third-order valence-electron chi connectivity index (χ3n) is 2.80. The van der Waals surface area contributed by atoms with Crippen LogP contribution in [-0.2, 0) is 0 Å². The van der Waals surface area contributed by atoms with Gasteiger partial charge in [0.1, 0.15) is 11.6 Å². The second-order valence-corrected chi connectivity index (χ2v) is 5.36. The average Bonchev–Trinajstić information content (AvgIpc) is 2.45. The number of aromatic hydroxyl groups is 1. The van der Waals surface area contributed by atoms with Crippen molar-refractivity contribution in [1.82, 2.24) is 5.32 Å². The molecule has 0 aliphatic heterocycles. The number of hydrogen-bond donors (Lipinski definition) is 2. The van der Waals surface area contributed by atoms with Gasteiger partial charge >= 0.3 is 0 Å². The SMILES string of the molecule is O=C(NCC(Br)c1ccccc1)c1ccc(O)cc1F. The van der Waals surface area contributed by atoms with Crippen LogP contribution >= 0.6 is 15.9 Å². The molecule has 1 unspecified atom stereocenters. The molecule has 3 nitrogen and oxygen atoms in total. The Morgan fingerprint density at radius 3 is 2.60 bits per heavy atom. The van der Waals surface area contributed by atoms with Crippen molar-refractivity contribution < 1.29 is 14.3 Å². The van der Waals surface area contributed by atoms with Crippen LogP contribution in [0.4, 0.5) is 4.39 Å². The molecule has 5 heteroatoms. The Kier molecular flexibility index (Phi) is 4.74. The summed E-state index contributed by atoms with van der Waals surface area (Å²) in [6.45, 7) is 0.336. The molecule has 2 aromatic rings. The van der Waals surface area contributed by atoms with E-state index in [0.717, 1.165) is 11.6 Å². The van der Waals surface area contributed by atoms with Gasteiger partial charge in [0.05, 0.1) is 10.4 Å². The second-order valence-electron chi connectivity index (χ2n) is 4.25. The first kappa shape index (κ1) is 14.5. The lowest BCUT2D eigenvalue weighted by Gasteiger charge is -2.12. The summed E-state index contributed by atoms with van der Waals surface area (Å²) in [7, 11) is 0.